The summed E-state index contributed by atoms with van der Waals surface area (Å²) in [6, 6.07) is 0. The molecule has 16 heavy (non-hydrogen) atoms. The second-order valence-corrected chi connectivity index (χ2v) is 5.13. The van der Waals surface area contributed by atoms with E-state index in [0.717, 1.165) is 0 Å². The maximum atomic E-state index is 10.4. The number of aliphatic carboxylic acids is 1. The number of ether oxygens (including phenoxy) is 1. The Morgan fingerprint density at radius 3 is 2.56 bits per heavy atom. The Labute approximate surface area is 96.0 Å². The maximum Gasteiger partial charge on any atom is 0.329 e. The topological polar surface area (TPSA) is 70.0 Å². The van der Waals surface area contributed by atoms with Crippen LogP contribution in [0.2, 0.25) is 0 Å². The number of likely N-dealkylation sites (tertiary alicyclic amines) is 1. The van der Waals surface area contributed by atoms with Gasteiger partial charge in [-0.15, -0.1) is 0 Å². The smallest absolute Gasteiger partial charge is 0.329 e. The molecule has 2 N–H and O–H groups in total. The molecule has 0 radical (unpaired) electrons. The van der Waals surface area contributed by atoms with Gasteiger partial charge in [0.1, 0.15) is 6.61 Å². The highest BCUT2D eigenvalue weighted by Gasteiger charge is 2.42. The molecular weight excluding hydrogens is 210 g/mol. The molecule has 5 nitrogen and oxygen atoms in total. The van der Waals surface area contributed by atoms with Crippen molar-refractivity contribution in [2.45, 2.75) is 38.4 Å². The van der Waals surface area contributed by atoms with Crippen LogP contribution in [0.4, 0.5) is 0 Å². The Kier molecular flexibility index (Phi) is 3.93. The fourth-order valence-corrected chi connectivity index (χ4v) is 1.93. The van der Waals surface area contributed by atoms with Gasteiger partial charge in [0.2, 0.25) is 0 Å². The second-order valence-electron chi connectivity index (χ2n) is 5.13. The zero-order valence-corrected chi connectivity index (χ0v) is 10.2. The molecule has 0 amide bonds. The number of carboxylic acid groups (broad SMARTS) is 1. The molecule has 1 saturated heterocycles. The van der Waals surface area contributed by atoms with E-state index in [1.807, 2.05) is 13.8 Å². The van der Waals surface area contributed by atoms with Crippen LogP contribution in [0.25, 0.3) is 0 Å². The molecule has 1 rings (SSSR count). The lowest BCUT2D eigenvalue weighted by Gasteiger charge is -2.49. The first-order valence-corrected chi connectivity index (χ1v) is 5.57. The van der Waals surface area contributed by atoms with E-state index >= 15 is 0 Å². The van der Waals surface area contributed by atoms with Crippen molar-refractivity contribution in [3.63, 3.8) is 0 Å². The fourth-order valence-electron chi connectivity index (χ4n) is 1.93. The van der Waals surface area contributed by atoms with Gasteiger partial charge in [0.25, 0.3) is 0 Å². The van der Waals surface area contributed by atoms with Gasteiger partial charge in [-0.1, -0.05) is 6.92 Å². The van der Waals surface area contributed by atoms with Gasteiger partial charge in [-0.25, -0.2) is 4.79 Å². The van der Waals surface area contributed by atoms with Crippen LogP contribution >= 0.6 is 0 Å². The standard InChI is InChI=1S/C11H21NO4/c1-4-10(2,15)6-12-7-11(3,8-12)16-5-9(13)14/h15H,4-8H2,1-3H3,(H,13,14). The van der Waals surface area contributed by atoms with Gasteiger partial charge in [0.15, 0.2) is 0 Å². The Morgan fingerprint density at radius 2 is 2.12 bits per heavy atom. The highest BCUT2D eigenvalue weighted by Crippen LogP contribution is 2.26. The van der Waals surface area contributed by atoms with Crippen LogP contribution in [0.5, 0.6) is 0 Å². The number of aliphatic hydroxyl groups is 1. The van der Waals surface area contributed by atoms with E-state index in [2.05, 4.69) is 4.90 Å². The van der Waals surface area contributed by atoms with Gasteiger partial charge in [-0.05, 0) is 20.3 Å². The van der Waals surface area contributed by atoms with Crippen LogP contribution in [-0.2, 0) is 9.53 Å². The third-order valence-electron chi connectivity index (χ3n) is 2.99. The minimum atomic E-state index is -0.944. The number of carboxylic acids is 1. The van der Waals surface area contributed by atoms with Crippen molar-refractivity contribution < 1.29 is 19.7 Å². The van der Waals surface area contributed by atoms with Gasteiger partial charge in [-0.2, -0.15) is 0 Å². The van der Waals surface area contributed by atoms with Gasteiger partial charge >= 0.3 is 5.97 Å². The molecule has 1 aliphatic rings. The van der Waals surface area contributed by atoms with Gasteiger partial charge in [-0.3, -0.25) is 4.90 Å². The van der Waals surface area contributed by atoms with Crippen LogP contribution in [0.15, 0.2) is 0 Å². The summed E-state index contributed by atoms with van der Waals surface area (Å²) in [4.78, 5) is 12.4. The molecule has 0 bridgehead atoms. The summed E-state index contributed by atoms with van der Waals surface area (Å²) in [6.07, 6.45) is 0.705. The quantitative estimate of drug-likeness (QED) is 0.689. The van der Waals surface area contributed by atoms with Crippen molar-refractivity contribution in [1.29, 1.82) is 0 Å². The summed E-state index contributed by atoms with van der Waals surface area (Å²) >= 11 is 0. The molecule has 94 valence electrons. The lowest BCUT2D eigenvalue weighted by Crippen LogP contribution is -2.64. The van der Waals surface area contributed by atoms with E-state index in [0.29, 0.717) is 26.1 Å². The van der Waals surface area contributed by atoms with Crippen LogP contribution < -0.4 is 0 Å². The minimum Gasteiger partial charge on any atom is -0.480 e. The molecular formula is C11H21NO4. The third kappa shape index (κ3) is 3.73. The van der Waals surface area contributed by atoms with Crippen molar-refractivity contribution in [2.24, 2.45) is 0 Å². The second kappa shape index (κ2) is 4.69. The number of hydrogen-bond acceptors (Lipinski definition) is 4. The van der Waals surface area contributed by atoms with Crippen molar-refractivity contribution in [2.75, 3.05) is 26.2 Å². The predicted octanol–water partition coefficient (Wildman–Crippen LogP) is 0.323. The molecule has 0 aromatic heterocycles. The molecule has 1 fully saturated rings. The first kappa shape index (κ1) is 13.4. The van der Waals surface area contributed by atoms with Crippen LogP contribution in [0.3, 0.4) is 0 Å². The highest BCUT2D eigenvalue weighted by molar-refractivity contribution is 5.68. The van der Waals surface area contributed by atoms with E-state index < -0.39 is 11.6 Å². The lowest BCUT2D eigenvalue weighted by atomic mass is 9.93. The number of carbonyl (C=O) groups is 1. The van der Waals surface area contributed by atoms with Gasteiger partial charge in [0, 0.05) is 19.6 Å². The average molecular weight is 231 g/mol. The highest BCUT2D eigenvalue weighted by atomic mass is 16.5. The van der Waals surface area contributed by atoms with E-state index in [9.17, 15) is 9.90 Å². The Hall–Kier alpha value is -0.650. The van der Waals surface area contributed by atoms with E-state index in [1.165, 1.54) is 0 Å². The Bertz CT molecular complexity index is 259. The molecule has 0 aromatic rings. The van der Waals surface area contributed by atoms with Crippen molar-refractivity contribution in [3.05, 3.63) is 0 Å². The van der Waals surface area contributed by atoms with E-state index in [1.54, 1.807) is 6.92 Å². The summed E-state index contributed by atoms with van der Waals surface area (Å²) in [5.74, 6) is -0.944. The number of β-amino-alcohol motifs (C(OH)–C–C–N with tert-alkyl or cyclic N) is 1. The monoisotopic (exact) mass is 231 g/mol. The largest absolute Gasteiger partial charge is 0.480 e. The van der Waals surface area contributed by atoms with E-state index in [-0.39, 0.29) is 12.2 Å². The summed E-state index contributed by atoms with van der Waals surface area (Å²) in [5.41, 5.74) is -1.05. The number of hydrogen-bond donors (Lipinski definition) is 2. The zero-order valence-electron chi connectivity index (χ0n) is 10.2. The maximum absolute atomic E-state index is 10.4. The molecule has 0 aromatic carbocycles. The SMILES string of the molecule is CCC(C)(O)CN1CC(C)(OCC(=O)O)C1. The molecule has 1 heterocycles. The molecule has 0 aliphatic carbocycles. The molecule has 5 heteroatoms. The summed E-state index contributed by atoms with van der Waals surface area (Å²) < 4.78 is 5.28. The van der Waals surface area contributed by atoms with Crippen molar-refractivity contribution in [3.8, 4) is 0 Å². The van der Waals surface area contributed by atoms with Crippen molar-refractivity contribution in [1.82, 2.24) is 4.90 Å². The zero-order chi connectivity index (χ0) is 12.4. The van der Waals surface area contributed by atoms with Crippen molar-refractivity contribution >= 4 is 5.97 Å². The summed E-state index contributed by atoms with van der Waals surface area (Å²) in [5, 5.41) is 18.4. The molecule has 1 atom stereocenters. The first-order chi connectivity index (χ1) is 7.26. The first-order valence-electron chi connectivity index (χ1n) is 5.57. The summed E-state index contributed by atoms with van der Waals surface area (Å²) in [7, 11) is 0. The van der Waals surface area contributed by atoms with Gasteiger partial charge < -0.3 is 14.9 Å². The number of nitrogens with zero attached hydrogens (tertiary/aromatic N) is 1. The lowest BCUT2D eigenvalue weighted by molar-refractivity contribution is -0.170. The van der Waals surface area contributed by atoms with Crippen LogP contribution in [0, 0.1) is 0 Å². The van der Waals surface area contributed by atoms with Crippen LogP contribution in [-0.4, -0.2) is 58.5 Å². The fraction of sp³-hybridized carbons (Fsp3) is 0.909. The Balaban J connectivity index is 2.28. The van der Waals surface area contributed by atoms with Crippen LogP contribution in [0.1, 0.15) is 27.2 Å². The summed E-state index contributed by atoms with van der Waals surface area (Å²) in [6.45, 7) is 7.35. The third-order valence-corrected chi connectivity index (χ3v) is 2.99. The molecule has 1 unspecified atom stereocenters. The minimum absolute atomic E-state index is 0.255. The molecule has 0 spiro atoms. The van der Waals surface area contributed by atoms with Gasteiger partial charge in [0.05, 0.1) is 11.2 Å². The Morgan fingerprint density at radius 1 is 1.56 bits per heavy atom. The normalized spacial score (nSPS) is 23.5. The molecule has 0 saturated carbocycles. The average Bonchev–Trinajstić information content (AvgIpc) is 2.12. The predicted molar refractivity (Wildman–Crippen MR) is 59.3 cm³/mol. The van der Waals surface area contributed by atoms with E-state index in [4.69, 9.17) is 9.84 Å². The molecule has 1 aliphatic heterocycles. The number of rotatable bonds is 6.